The predicted molar refractivity (Wildman–Crippen MR) is 117 cm³/mol. The van der Waals surface area contributed by atoms with Crippen molar-refractivity contribution in [3.8, 4) is 5.75 Å². The number of hydrogen-bond acceptors (Lipinski definition) is 3. The molecule has 0 atom stereocenters. The minimum absolute atomic E-state index is 0.252. The highest BCUT2D eigenvalue weighted by atomic mass is 32.2. The maximum Gasteiger partial charge on any atom is 0.243 e. The summed E-state index contributed by atoms with van der Waals surface area (Å²) >= 11 is 0. The Morgan fingerprint density at radius 2 is 1.48 bits per heavy atom. The minimum atomic E-state index is -3.67. The molecule has 4 nitrogen and oxygen atoms in total. The highest BCUT2D eigenvalue weighted by Crippen LogP contribution is 2.23. The summed E-state index contributed by atoms with van der Waals surface area (Å²) in [6.45, 7) is 2.56. The molecule has 3 aromatic carbocycles. The van der Waals surface area contributed by atoms with Crippen molar-refractivity contribution in [2.45, 2.75) is 18.4 Å². The van der Waals surface area contributed by atoms with Gasteiger partial charge in [-0.05, 0) is 42.3 Å². The average Bonchev–Trinajstić information content (AvgIpc) is 2.74. The lowest BCUT2D eigenvalue weighted by atomic mass is 10.1. The molecule has 0 spiro atoms. The Bertz CT molecular complexity index is 1040. The van der Waals surface area contributed by atoms with Gasteiger partial charge in [0, 0.05) is 13.1 Å². The lowest BCUT2D eigenvalue weighted by Crippen LogP contribution is -2.32. The predicted octanol–water partition coefficient (Wildman–Crippen LogP) is 4.99. The van der Waals surface area contributed by atoms with Gasteiger partial charge in [0.25, 0.3) is 0 Å². The van der Waals surface area contributed by atoms with Gasteiger partial charge in [-0.3, -0.25) is 0 Å². The summed E-state index contributed by atoms with van der Waals surface area (Å²) in [4.78, 5) is 0.252. The van der Waals surface area contributed by atoms with Crippen LogP contribution in [0.1, 0.15) is 18.1 Å². The summed E-state index contributed by atoms with van der Waals surface area (Å²) in [7, 11) is -2.12. The molecule has 0 N–H and O–H groups in total. The summed E-state index contributed by atoms with van der Waals surface area (Å²) < 4.78 is 33.4. The van der Waals surface area contributed by atoms with Crippen molar-refractivity contribution in [1.29, 1.82) is 0 Å². The highest BCUT2D eigenvalue weighted by molar-refractivity contribution is 7.89. The second-order valence-corrected chi connectivity index (χ2v) is 8.77. The zero-order chi connectivity index (χ0) is 20.7. The first-order valence-corrected chi connectivity index (χ1v) is 10.8. The number of nitrogens with zero attached hydrogens (tertiary/aromatic N) is 1. The summed E-state index contributed by atoms with van der Waals surface area (Å²) in [5.41, 5.74) is 2.95. The van der Waals surface area contributed by atoms with Crippen LogP contribution in [0.3, 0.4) is 0 Å². The van der Waals surface area contributed by atoms with E-state index in [-0.39, 0.29) is 4.90 Å². The van der Waals surface area contributed by atoms with E-state index in [0.29, 0.717) is 18.8 Å². The molecule has 0 bridgehead atoms. The molecule has 3 rings (SSSR count). The third kappa shape index (κ3) is 5.56. The SMILES string of the molecule is COc1ccc(S(=O)(=O)N(CC(C)=Cc2ccccc2)Cc2ccccc2)cc1. The lowest BCUT2D eigenvalue weighted by molar-refractivity contribution is 0.413. The van der Waals surface area contributed by atoms with E-state index in [1.165, 1.54) is 4.31 Å². The van der Waals surface area contributed by atoms with Crippen LogP contribution in [0.25, 0.3) is 6.08 Å². The van der Waals surface area contributed by atoms with Gasteiger partial charge in [0.2, 0.25) is 10.0 Å². The third-order valence-corrected chi connectivity index (χ3v) is 6.34. The number of rotatable bonds is 8. The smallest absolute Gasteiger partial charge is 0.243 e. The van der Waals surface area contributed by atoms with Crippen LogP contribution in [-0.4, -0.2) is 26.4 Å². The molecule has 29 heavy (non-hydrogen) atoms. The van der Waals surface area contributed by atoms with Crippen LogP contribution < -0.4 is 4.74 Å². The number of ether oxygens (including phenoxy) is 1. The van der Waals surface area contributed by atoms with Crippen LogP contribution in [0.2, 0.25) is 0 Å². The number of benzene rings is 3. The lowest BCUT2D eigenvalue weighted by Gasteiger charge is -2.23. The zero-order valence-corrected chi connectivity index (χ0v) is 17.5. The largest absolute Gasteiger partial charge is 0.497 e. The van der Waals surface area contributed by atoms with Gasteiger partial charge in [0.05, 0.1) is 12.0 Å². The molecule has 0 unspecified atom stereocenters. The first-order chi connectivity index (χ1) is 14.0. The number of hydrogen-bond donors (Lipinski definition) is 0. The van der Waals surface area contributed by atoms with E-state index >= 15 is 0 Å². The second-order valence-electron chi connectivity index (χ2n) is 6.84. The molecule has 0 aliphatic carbocycles. The average molecular weight is 408 g/mol. The van der Waals surface area contributed by atoms with Crippen molar-refractivity contribution >= 4 is 16.1 Å². The van der Waals surface area contributed by atoms with E-state index < -0.39 is 10.0 Å². The summed E-state index contributed by atoms with van der Waals surface area (Å²) in [6.07, 6.45) is 2.02. The molecular weight excluding hydrogens is 382 g/mol. The van der Waals surface area contributed by atoms with E-state index in [1.54, 1.807) is 31.4 Å². The van der Waals surface area contributed by atoms with Gasteiger partial charge in [-0.15, -0.1) is 0 Å². The normalized spacial score (nSPS) is 12.2. The Morgan fingerprint density at radius 3 is 2.07 bits per heavy atom. The van der Waals surface area contributed by atoms with Gasteiger partial charge in [-0.25, -0.2) is 8.42 Å². The monoisotopic (exact) mass is 407 g/mol. The number of methoxy groups -OCH3 is 1. The van der Waals surface area contributed by atoms with Crippen LogP contribution in [0, 0.1) is 0 Å². The zero-order valence-electron chi connectivity index (χ0n) is 16.7. The molecule has 0 saturated heterocycles. The van der Waals surface area contributed by atoms with Crippen LogP contribution in [0.5, 0.6) is 5.75 Å². The van der Waals surface area contributed by atoms with Crippen LogP contribution in [0.4, 0.5) is 0 Å². The maximum absolute atomic E-state index is 13.4. The molecule has 0 radical (unpaired) electrons. The second kappa shape index (κ2) is 9.54. The first-order valence-electron chi connectivity index (χ1n) is 9.39. The van der Waals surface area contributed by atoms with Crippen molar-refractivity contribution in [2.75, 3.05) is 13.7 Å². The first kappa shape index (κ1) is 20.8. The Balaban J connectivity index is 1.92. The summed E-state index contributed by atoms with van der Waals surface area (Å²) in [5.74, 6) is 0.624. The number of sulfonamides is 1. The van der Waals surface area contributed by atoms with E-state index in [2.05, 4.69) is 0 Å². The molecule has 5 heteroatoms. The Hall–Kier alpha value is -2.89. The minimum Gasteiger partial charge on any atom is -0.497 e. The van der Waals surface area contributed by atoms with Gasteiger partial charge in [0.1, 0.15) is 5.75 Å². The van der Waals surface area contributed by atoms with Crippen molar-refractivity contribution in [3.63, 3.8) is 0 Å². The fourth-order valence-electron chi connectivity index (χ4n) is 3.07. The van der Waals surface area contributed by atoms with E-state index in [1.807, 2.05) is 73.7 Å². The topological polar surface area (TPSA) is 46.6 Å². The summed E-state index contributed by atoms with van der Waals surface area (Å²) in [5, 5.41) is 0. The summed E-state index contributed by atoms with van der Waals surface area (Å²) in [6, 6.07) is 26.0. The van der Waals surface area contributed by atoms with E-state index in [4.69, 9.17) is 4.74 Å². The molecular formula is C24H25NO3S. The van der Waals surface area contributed by atoms with E-state index in [0.717, 1.165) is 16.7 Å². The molecule has 0 aliphatic rings. The molecule has 0 saturated carbocycles. The van der Waals surface area contributed by atoms with Gasteiger partial charge in [-0.2, -0.15) is 4.31 Å². The quantitative estimate of drug-likeness (QED) is 0.528. The fourth-order valence-corrected chi connectivity index (χ4v) is 4.54. The van der Waals surface area contributed by atoms with Crippen LogP contribution in [0.15, 0.2) is 95.4 Å². The third-order valence-electron chi connectivity index (χ3n) is 4.54. The van der Waals surface area contributed by atoms with E-state index in [9.17, 15) is 8.42 Å². The molecule has 0 heterocycles. The fraction of sp³-hybridized carbons (Fsp3) is 0.167. The molecule has 150 valence electrons. The van der Waals surface area contributed by atoms with Crippen molar-refractivity contribution < 1.29 is 13.2 Å². The maximum atomic E-state index is 13.4. The highest BCUT2D eigenvalue weighted by Gasteiger charge is 2.25. The molecule has 0 aromatic heterocycles. The van der Waals surface area contributed by atoms with Crippen molar-refractivity contribution in [1.82, 2.24) is 4.31 Å². The van der Waals surface area contributed by atoms with Crippen LogP contribution >= 0.6 is 0 Å². The molecule has 0 amide bonds. The van der Waals surface area contributed by atoms with Gasteiger partial charge < -0.3 is 4.74 Å². The Labute approximate surface area is 173 Å². The molecule has 3 aromatic rings. The molecule has 0 fully saturated rings. The Morgan fingerprint density at radius 1 is 0.897 bits per heavy atom. The van der Waals surface area contributed by atoms with Crippen molar-refractivity contribution in [3.05, 3.63) is 102 Å². The standard InChI is InChI=1S/C24H25NO3S/c1-20(17-21-9-5-3-6-10-21)18-25(19-22-11-7-4-8-12-22)29(26,27)24-15-13-23(28-2)14-16-24/h3-17H,18-19H2,1-2H3. The van der Waals surface area contributed by atoms with Crippen LogP contribution in [-0.2, 0) is 16.6 Å². The molecule has 0 aliphatic heterocycles. The van der Waals surface area contributed by atoms with Gasteiger partial charge in [0.15, 0.2) is 0 Å². The van der Waals surface area contributed by atoms with Crippen molar-refractivity contribution in [2.24, 2.45) is 0 Å². The Kier molecular flexibility index (Phi) is 6.86. The van der Waals surface area contributed by atoms with Gasteiger partial charge >= 0.3 is 0 Å². The van der Waals surface area contributed by atoms with Gasteiger partial charge in [-0.1, -0.05) is 72.3 Å².